The molecular formula is C29H30FN3O5. The third-order valence-electron chi connectivity index (χ3n) is 6.38. The van der Waals surface area contributed by atoms with Crippen molar-refractivity contribution >= 4 is 23.6 Å². The van der Waals surface area contributed by atoms with Gasteiger partial charge in [-0.2, -0.15) is 0 Å². The number of carbonyl (C=O) groups excluding carboxylic acids is 3. The van der Waals surface area contributed by atoms with Crippen LogP contribution in [0.3, 0.4) is 0 Å². The SMILES string of the molecule is CC(=O)NCC1CN(c2ccc(-c3ccc(C(O)CN(Cc4ccccc4)C(C)=O)cc3)c(F)c2)C(=O)O1. The van der Waals surface area contributed by atoms with Gasteiger partial charge in [0.25, 0.3) is 0 Å². The lowest BCUT2D eigenvalue weighted by atomic mass is 10.0. The predicted octanol–water partition coefficient (Wildman–Crippen LogP) is 4.04. The molecule has 3 aromatic carbocycles. The molecule has 1 aliphatic heterocycles. The van der Waals surface area contributed by atoms with Gasteiger partial charge in [0.15, 0.2) is 0 Å². The molecule has 1 saturated heterocycles. The zero-order chi connectivity index (χ0) is 27.2. The molecule has 198 valence electrons. The number of ether oxygens (including phenoxy) is 1. The van der Waals surface area contributed by atoms with E-state index in [1.54, 1.807) is 41.3 Å². The third-order valence-corrected chi connectivity index (χ3v) is 6.38. The fourth-order valence-corrected chi connectivity index (χ4v) is 4.31. The van der Waals surface area contributed by atoms with E-state index in [0.29, 0.717) is 28.9 Å². The number of carbonyl (C=O) groups is 3. The summed E-state index contributed by atoms with van der Waals surface area (Å²) in [6.45, 7) is 3.75. The number of benzene rings is 3. The number of nitrogens with zero attached hydrogens (tertiary/aromatic N) is 2. The molecule has 0 aromatic heterocycles. The summed E-state index contributed by atoms with van der Waals surface area (Å²) in [6, 6.07) is 20.9. The van der Waals surface area contributed by atoms with Crippen molar-refractivity contribution in [1.82, 2.24) is 10.2 Å². The van der Waals surface area contributed by atoms with Gasteiger partial charge in [-0.1, -0.05) is 54.6 Å². The maximum absolute atomic E-state index is 15.1. The molecule has 0 radical (unpaired) electrons. The Hall–Kier alpha value is -4.24. The van der Waals surface area contributed by atoms with E-state index < -0.39 is 24.1 Å². The first-order valence-electron chi connectivity index (χ1n) is 12.3. The molecule has 2 unspecified atom stereocenters. The van der Waals surface area contributed by atoms with Crippen molar-refractivity contribution < 1.29 is 28.6 Å². The van der Waals surface area contributed by atoms with Gasteiger partial charge >= 0.3 is 6.09 Å². The molecule has 8 nitrogen and oxygen atoms in total. The molecule has 0 spiro atoms. The van der Waals surface area contributed by atoms with E-state index in [1.807, 2.05) is 30.3 Å². The van der Waals surface area contributed by atoms with Crippen LogP contribution in [0.1, 0.15) is 31.1 Å². The normalized spacial score (nSPS) is 15.6. The number of rotatable bonds is 9. The molecule has 0 bridgehead atoms. The lowest BCUT2D eigenvalue weighted by Crippen LogP contribution is -2.33. The monoisotopic (exact) mass is 519 g/mol. The number of amides is 3. The van der Waals surface area contributed by atoms with Gasteiger partial charge in [0.05, 0.1) is 31.4 Å². The minimum absolute atomic E-state index is 0.126. The second-order valence-electron chi connectivity index (χ2n) is 9.24. The van der Waals surface area contributed by atoms with Crippen LogP contribution in [-0.2, 0) is 20.9 Å². The van der Waals surface area contributed by atoms with Gasteiger partial charge in [-0.15, -0.1) is 0 Å². The zero-order valence-electron chi connectivity index (χ0n) is 21.3. The number of anilines is 1. The van der Waals surface area contributed by atoms with Crippen molar-refractivity contribution in [2.75, 3.05) is 24.5 Å². The summed E-state index contributed by atoms with van der Waals surface area (Å²) in [5.74, 6) is -0.883. The van der Waals surface area contributed by atoms with Crippen LogP contribution in [0.5, 0.6) is 0 Å². The molecule has 38 heavy (non-hydrogen) atoms. The summed E-state index contributed by atoms with van der Waals surface area (Å²) in [5.41, 5.74) is 2.87. The zero-order valence-corrected chi connectivity index (χ0v) is 21.3. The summed E-state index contributed by atoms with van der Waals surface area (Å²) in [5, 5.41) is 13.4. The topological polar surface area (TPSA) is 99.2 Å². The highest BCUT2D eigenvalue weighted by Gasteiger charge is 2.32. The third kappa shape index (κ3) is 6.54. The smallest absolute Gasteiger partial charge is 0.414 e. The van der Waals surface area contributed by atoms with Crippen molar-refractivity contribution in [2.24, 2.45) is 0 Å². The van der Waals surface area contributed by atoms with Gasteiger partial charge in [-0.05, 0) is 34.9 Å². The van der Waals surface area contributed by atoms with Crippen LogP contribution in [0, 0.1) is 5.82 Å². The van der Waals surface area contributed by atoms with Gasteiger partial charge in [0.2, 0.25) is 11.8 Å². The van der Waals surface area contributed by atoms with Crippen molar-refractivity contribution in [3.63, 3.8) is 0 Å². The van der Waals surface area contributed by atoms with Crippen molar-refractivity contribution in [1.29, 1.82) is 0 Å². The summed E-state index contributed by atoms with van der Waals surface area (Å²) >= 11 is 0. The molecule has 0 saturated carbocycles. The first-order valence-corrected chi connectivity index (χ1v) is 12.3. The van der Waals surface area contributed by atoms with Crippen molar-refractivity contribution in [3.8, 4) is 11.1 Å². The number of nitrogens with one attached hydrogen (secondary N) is 1. The number of halogens is 1. The standard InChI is InChI=1S/C29H30FN3O5/c1-19(34)31-15-25-17-33(29(37)38-25)24-12-13-26(27(30)14-24)22-8-10-23(11-9-22)28(36)18-32(20(2)35)16-21-6-4-3-5-7-21/h3-14,25,28,36H,15-18H2,1-2H3,(H,31,34). The quantitative estimate of drug-likeness (QED) is 0.445. The number of cyclic esters (lactones) is 1. The minimum Gasteiger partial charge on any atom is -0.442 e. The maximum Gasteiger partial charge on any atom is 0.414 e. The van der Waals surface area contributed by atoms with Gasteiger partial charge in [0, 0.05) is 26.0 Å². The maximum atomic E-state index is 15.1. The largest absolute Gasteiger partial charge is 0.442 e. The molecule has 3 amide bonds. The van der Waals surface area contributed by atoms with Gasteiger partial charge in [-0.25, -0.2) is 9.18 Å². The Morgan fingerprint density at radius 2 is 1.82 bits per heavy atom. The Balaban J connectivity index is 1.42. The Bertz CT molecular complexity index is 1300. The highest BCUT2D eigenvalue weighted by molar-refractivity contribution is 5.90. The summed E-state index contributed by atoms with van der Waals surface area (Å²) < 4.78 is 20.3. The molecule has 2 N–H and O–H groups in total. The number of aliphatic hydroxyl groups is 1. The lowest BCUT2D eigenvalue weighted by molar-refractivity contribution is -0.131. The second-order valence-corrected chi connectivity index (χ2v) is 9.24. The van der Waals surface area contributed by atoms with E-state index in [4.69, 9.17) is 4.74 Å². The van der Waals surface area contributed by atoms with E-state index >= 15 is 4.39 Å². The highest BCUT2D eigenvalue weighted by Crippen LogP contribution is 2.30. The van der Waals surface area contributed by atoms with E-state index in [0.717, 1.165) is 5.56 Å². The van der Waals surface area contributed by atoms with E-state index in [9.17, 15) is 19.5 Å². The summed E-state index contributed by atoms with van der Waals surface area (Å²) in [6.07, 6.45) is -2.02. The number of hydrogen-bond donors (Lipinski definition) is 2. The van der Waals surface area contributed by atoms with Gasteiger partial charge < -0.3 is 20.1 Å². The van der Waals surface area contributed by atoms with Crippen molar-refractivity contribution in [3.05, 3.63) is 89.7 Å². The molecule has 2 atom stereocenters. The number of aliphatic hydroxyl groups excluding tert-OH is 1. The van der Waals surface area contributed by atoms with Crippen LogP contribution < -0.4 is 10.2 Å². The Morgan fingerprint density at radius 3 is 2.45 bits per heavy atom. The van der Waals surface area contributed by atoms with E-state index in [1.165, 1.54) is 24.8 Å². The molecule has 1 aliphatic rings. The lowest BCUT2D eigenvalue weighted by Gasteiger charge is -2.24. The van der Waals surface area contributed by atoms with Crippen molar-refractivity contribution in [2.45, 2.75) is 32.6 Å². The molecule has 0 aliphatic carbocycles. The molecule has 1 heterocycles. The van der Waals surface area contributed by atoms with Gasteiger partial charge in [0.1, 0.15) is 11.9 Å². The van der Waals surface area contributed by atoms with Gasteiger partial charge in [-0.3, -0.25) is 14.5 Å². The minimum atomic E-state index is -0.907. The molecular weight excluding hydrogens is 489 g/mol. The molecule has 1 fully saturated rings. The number of hydrogen-bond acceptors (Lipinski definition) is 5. The predicted molar refractivity (Wildman–Crippen MR) is 141 cm³/mol. The van der Waals surface area contributed by atoms with Crippen LogP contribution in [0.2, 0.25) is 0 Å². The summed E-state index contributed by atoms with van der Waals surface area (Å²) in [4.78, 5) is 38.4. The highest BCUT2D eigenvalue weighted by atomic mass is 19.1. The Labute approximate surface area is 220 Å². The molecule has 4 rings (SSSR count). The van der Waals surface area contributed by atoms with E-state index in [-0.39, 0.29) is 31.4 Å². The Morgan fingerprint density at radius 1 is 1.11 bits per heavy atom. The van der Waals surface area contributed by atoms with Crippen LogP contribution in [-0.4, -0.2) is 53.7 Å². The fourth-order valence-electron chi connectivity index (χ4n) is 4.31. The molecule has 3 aromatic rings. The van der Waals surface area contributed by atoms with Crippen LogP contribution in [0.4, 0.5) is 14.9 Å². The molecule has 9 heteroatoms. The first-order chi connectivity index (χ1) is 18.2. The Kier molecular flexibility index (Phi) is 8.38. The first kappa shape index (κ1) is 26.8. The van der Waals surface area contributed by atoms with Crippen LogP contribution in [0.15, 0.2) is 72.8 Å². The average molecular weight is 520 g/mol. The average Bonchev–Trinajstić information content (AvgIpc) is 3.28. The van der Waals surface area contributed by atoms with E-state index in [2.05, 4.69) is 5.32 Å². The summed E-state index contributed by atoms with van der Waals surface area (Å²) in [7, 11) is 0. The second kappa shape index (κ2) is 11.9. The van der Waals surface area contributed by atoms with Crippen LogP contribution >= 0.6 is 0 Å². The van der Waals surface area contributed by atoms with Crippen LogP contribution in [0.25, 0.3) is 11.1 Å². The fraction of sp³-hybridized carbons (Fsp3) is 0.276.